The standard InChI is InChI=1S/C21H16N2O5/c24-19(14-28-20-9-5-4-8-18(20)23(26)27)15-10-12-17(13-11-15)22-21(25)16-6-2-1-3-7-16/h1-13H,14H2,(H,22,25). The van der Waals surface area contributed by atoms with E-state index in [1.54, 1.807) is 54.6 Å². The molecule has 0 radical (unpaired) electrons. The van der Waals surface area contributed by atoms with E-state index in [1.807, 2.05) is 6.07 Å². The topological polar surface area (TPSA) is 98.5 Å². The van der Waals surface area contributed by atoms with Crippen molar-refractivity contribution in [1.82, 2.24) is 0 Å². The SMILES string of the molecule is O=C(COc1ccccc1[N+](=O)[O-])c1ccc(NC(=O)c2ccccc2)cc1. The number of carbonyl (C=O) groups is 2. The van der Waals surface area contributed by atoms with Gasteiger partial charge in [0, 0.05) is 22.9 Å². The van der Waals surface area contributed by atoms with E-state index in [-0.39, 0.29) is 29.7 Å². The zero-order valence-electron chi connectivity index (χ0n) is 14.7. The van der Waals surface area contributed by atoms with Gasteiger partial charge in [0.2, 0.25) is 0 Å². The molecule has 3 rings (SSSR count). The Bertz CT molecular complexity index is 1000. The summed E-state index contributed by atoms with van der Waals surface area (Å²) in [5, 5.41) is 13.7. The lowest BCUT2D eigenvalue weighted by atomic mass is 10.1. The molecular formula is C21H16N2O5. The van der Waals surface area contributed by atoms with Crippen molar-refractivity contribution in [3.8, 4) is 5.75 Å². The average molecular weight is 376 g/mol. The number of ether oxygens (including phenoxy) is 1. The summed E-state index contributed by atoms with van der Waals surface area (Å²) in [7, 11) is 0. The molecule has 0 fully saturated rings. The lowest BCUT2D eigenvalue weighted by Crippen LogP contribution is -2.13. The van der Waals surface area contributed by atoms with Crippen LogP contribution in [0.2, 0.25) is 0 Å². The normalized spacial score (nSPS) is 10.1. The van der Waals surface area contributed by atoms with Crippen LogP contribution >= 0.6 is 0 Å². The van der Waals surface area contributed by atoms with Gasteiger partial charge in [-0.25, -0.2) is 0 Å². The summed E-state index contributed by atoms with van der Waals surface area (Å²) in [5.41, 5.74) is 1.25. The summed E-state index contributed by atoms with van der Waals surface area (Å²) in [6.45, 7) is -0.333. The van der Waals surface area contributed by atoms with Crippen LogP contribution in [0.25, 0.3) is 0 Å². The highest BCUT2D eigenvalue weighted by molar-refractivity contribution is 6.04. The molecule has 0 aromatic heterocycles. The van der Waals surface area contributed by atoms with Crippen molar-refractivity contribution in [3.63, 3.8) is 0 Å². The second-order valence-electron chi connectivity index (χ2n) is 5.83. The molecule has 0 bridgehead atoms. The smallest absolute Gasteiger partial charge is 0.310 e. The third kappa shape index (κ3) is 4.59. The van der Waals surface area contributed by atoms with Crippen LogP contribution in [0.5, 0.6) is 5.75 Å². The number of para-hydroxylation sites is 2. The summed E-state index contributed by atoms with van der Waals surface area (Å²) < 4.78 is 5.31. The van der Waals surface area contributed by atoms with Crippen molar-refractivity contribution in [3.05, 3.63) is 100 Å². The van der Waals surface area contributed by atoms with Gasteiger partial charge < -0.3 is 10.1 Å². The summed E-state index contributed by atoms with van der Waals surface area (Å²) in [6.07, 6.45) is 0. The number of ketones is 1. The van der Waals surface area contributed by atoms with Gasteiger partial charge >= 0.3 is 5.69 Å². The first-order valence-electron chi connectivity index (χ1n) is 8.40. The zero-order valence-corrected chi connectivity index (χ0v) is 14.7. The molecule has 7 heteroatoms. The van der Waals surface area contributed by atoms with Crippen molar-refractivity contribution in [2.75, 3.05) is 11.9 Å². The number of carbonyl (C=O) groups excluding carboxylic acids is 2. The van der Waals surface area contributed by atoms with Crippen molar-refractivity contribution in [2.45, 2.75) is 0 Å². The number of nitrogens with one attached hydrogen (secondary N) is 1. The molecule has 0 saturated carbocycles. The number of anilines is 1. The van der Waals surface area contributed by atoms with Crippen LogP contribution < -0.4 is 10.1 Å². The first kappa shape index (κ1) is 18.8. The highest BCUT2D eigenvalue weighted by atomic mass is 16.6. The monoisotopic (exact) mass is 376 g/mol. The van der Waals surface area contributed by atoms with Gasteiger partial charge in [0.25, 0.3) is 5.91 Å². The lowest BCUT2D eigenvalue weighted by molar-refractivity contribution is -0.385. The largest absolute Gasteiger partial charge is 0.478 e. The summed E-state index contributed by atoms with van der Waals surface area (Å²) in [5.74, 6) is -0.550. The first-order valence-corrected chi connectivity index (χ1v) is 8.40. The molecule has 0 aliphatic rings. The summed E-state index contributed by atoms with van der Waals surface area (Å²) in [4.78, 5) is 34.8. The summed E-state index contributed by atoms with van der Waals surface area (Å²) >= 11 is 0. The van der Waals surface area contributed by atoms with Gasteiger partial charge in [-0.1, -0.05) is 30.3 Å². The first-order chi connectivity index (χ1) is 13.5. The molecule has 0 unspecified atom stereocenters. The second-order valence-corrected chi connectivity index (χ2v) is 5.83. The molecule has 0 spiro atoms. The molecule has 3 aromatic rings. The van der Waals surface area contributed by atoms with Gasteiger partial charge in [0.15, 0.2) is 18.1 Å². The Balaban J connectivity index is 1.61. The average Bonchev–Trinajstić information content (AvgIpc) is 2.73. The van der Waals surface area contributed by atoms with E-state index in [1.165, 1.54) is 18.2 Å². The van der Waals surface area contributed by atoms with E-state index in [2.05, 4.69) is 5.32 Å². The minimum atomic E-state index is -0.565. The number of nitro benzene ring substituents is 1. The maximum absolute atomic E-state index is 12.3. The number of hydrogen-bond donors (Lipinski definition) is 1. The van der Waals surface area contributed by atoms with E-state index in [0.717, 1.165) is 0 Å². The highest BCUT2D eigenvalue weighted by Crippen LogP contribution is 2.26. The molecule has 28 heavy (non-hydrogen) atoms. The van der Waals surface area contributed by atoms with Crippen molar-refractivity contribution in [2.24, 2.45) is 0 Å². The van der Waals surface area contributed by atoms with Gasteiger partial charge in [-0.2, -0.15) is 0 Å². The van der Waals surface area contributed by atoms with Crippen LogP contribution in [0.4, 0.5) is 11.4 Å². The van der Waals surface area contributed by atoms with Crippen molar-refractivity contribution >= 4 is 23.1 Å². The molecule has 1 amide bonds. The predicted octanol–water partition coefficient (Wildman–Crippen LogP) is 4.11. The number of rotatable bonds is 7. The maximum atomic E-state index is 12.3. The van der Waals surface area contributed by atoms with E-state index in [9.17, 15) is 19.7 Å². The molecule has 7 nitrogen and oxygen atoms in total. The van der Waals surface area contributed by atoms with E-state index >= 15 is 0 Å². The molecule has 0 aliphatic heterocycles. The molecular weight excluding hydrogens is 360 g/mol. The Morgan fingerprint density at radius 3 is 2.18 bits per heavy atom. The van der Waals surface area contributed by atoms with E-state index in [4.69, 9.17) is 4.74 Å². The van der Waals surface area contributed by atoms with E-state index in [0.29, 0.717) is 16.8 Å². The van der Waals surface area contributed by atoms with Crippen LogP contribution in [-0.2, 0) is 0 Å². The van der Waals surface area contributed by atoms with E-state index < -0.39 is 4.92 Å². The van der Waals surface area contributed by atoms with Crippen LogP contribution in [0.3, 0.4) is 0 Å². The highest BCUT2D eigenvalue weighted by Gasteiger charge is 2.15. The fraction of sp³-hybridized carbons (Fsp3) is 0.0476. The minimum absolute atomic E-state index is 0.0348. The third-order valence-electron chi connectivity index (χ3n) is 3.92. The van der Waals surface area contributed by atoms with Crippen molar-refractivity contribution in [1.29, 1.82) is 0 Å². The predicted molar refractivity (Wildman–Crippen MR) is 104 cm³/mol. The molecule has 0 atom stereocenters. The van der Waals surface area contributed by atoms with Crippen LogP contribution in [0.1, 0.15) is 20.7 Å². The minimum Gasteiger partial charge on any atom is -0.478 e. The zero-order chi connectivity index (χ0) is 19.9. The van der Waals surface area contributed by atoms with Crippen LogP contribution in [0.15, 0.2) is 78.9 Å². The van der Waals surface area contributed by atoms with Gasteiger partial charge in [-0.15, -0.1) is 0 Å². The Kier molecular flexibility index (Phi) is 5.76. The number of Topliss-reactive ketones (excluding diaryl/α,β-unsaturated/α-hetero) is 1. The molecule has 0 heterocycles. The Hall–Kier alpha value is -4.00. The number of nitrogens with zero attached hydrogens (tertiary/aromatic N) is 1. The molecule has 140 valence electrons. The second kappa shape index (κ2) is 8.59. The quantitative estimate of drug-likeness (QED) is 0.380. The maximum Gasteiger partial charge on any atom is 0.310 e. The van der Waals surface area contributed by atoms with Crippen LogP contribution in [0, 0.1) is 10.1 Å². The lowest BCUT2D eigenvalue weighted by Gasteiger charge is -2.08. The molecule has 3 aromatic carbocycles. The number of amides is 1. The fourth-order valence-electron chi connectivity index (χ4n) is 2.49. The van der Waals surface area contributed by atoms with Gasteiger partial charge in [0.05, 0.1) is 4.92 Å². The number of nitro groups is 1. The van der Waals surface area contributed by atoms with Crippen LogP contribution in [-0.4, -0.2) is 23.2 Å². The molecule has 0 aliphatic carbocycles. The fourth-order valence-corrected chi connectivity index (χ4v) is 2.49. The third-order valence-corrected chi connectivity index (χ3v) is 3.92. The Morgan fingerprint density at radius 1 is 0.857 bits per heavy atom. The molecule has 0 saturated heterocycles. The van der Waals surface area contributed by atoms with Crippen molar-refractivity contribution < 1.29 is 19.2 Å². The van der Waals surface area contributed by atoms with Gasteiger partial charge in [-0.3, -0.25) is 19.7 Å². The molecule has 1 N–H and O–H groups in total. The summed E-state index contributed by atoms with van der Waals surface area (Å²) in [6, 6.07) is 21.0. The number of hydrogen-bond acceptors (Lipinski definition) is 5. The Morgan fingerprint density at radius 2 is 1.50 bits per heavy atom. The van der Waals surface area contributed by atoms with Gasteiger partial charge in [-0.05, 0) is 42.5 Å². The number of benzene rings is 3. The van der Waals surface area contributed by atoms with Gasteiger partial charge in [0.1, 0.15) is 0 Å². The Labute approximate surface area is 160 Å².